The van der Waals surface area contributed by atoms with Gasteiger partial charge >= 0.3 is 0 Å². The van der Waals surface area contributed by atoms with Crippen molar-refractivity contribution in [3.63, 3.8) is 0 Å². The molecule has 4 rings (SSSR count). The van der Waals surface area contributed by atoms with Gasteiger partial charge in [-0.25, -0.2) is 4.52 Å². The van der Waals surface area contributed by atoms with E-state index in [9.17, 15) is 10.1 Å². The van der Waals surface area contributed by atoms with Crippen LogP contribution in [0.5, 0.6) is 0 Å². The number of hydrogen-bond donors (Lipinski definition) is 1. The van der Waals surface area contributed by atoms with E-state index >= 15 is 0 Å². The fourth-order valence-electron chi connectivity index (χ4n) is 2.71. The normalized spacial score (nSPS) is 11.0. The number of aromatic nitrogens is 3. The minimum absolute atomic E-state index is 0.252. The van der Waals surface area contributed by atoms with Crippen LogP contribution in [0, 0.1) is 11.3 Å². The van der Waals surface area contributed by atoms with Gasteiger partial charge in [0.15, 0.2) is 5.65 Å². The standard InChI is InChI=1S/C17H8Cl2N4O/c18-9-5-6-10(13(19)7-9)15-12(8-20)16-21-17(24)11-3-1-2-4-14(11)23(16)22-15/h1-7H,(H,21,24). The Balaban J connectivity index is 2.17. The summed E-state index contributed by atoms with van der Waals surface area (Å²) in [5, 5.41) is 15.5. The molecule has 0 aliphatic rings. The first-order valence-corrected chi connectivity index (χ1v) is 7.75. The predicted octanol–water partition coefficient (Wildman–Crippen LogP) is 4.02. The zero-order valence-corrected chi connectivity index (χ0v) is 13.6. The van der Waals surface area contributed by atoms with E-state index in [1.54, 1.807) is 40.9 Å². The Morgan fingerprint density at radius 3 is 2.71 bits per heavy atom. The van der Waals surface area contributed by atoms with Crippen LogP contribution in [0.4, 0.5) is 0 Å². The number of nitriles is 1. The summed E-state index contributed by atoms with van der Waals surface area (Å²) in [5.74, 6) is 0. The highest BCUT2D eigenvalue weighted by Crippen LogP contribution is 2.33. The number of H-pyrrole nitrogens is 1. The fourth-order valence-corrected chi connectivity index (χ4v) is 3.21. The van der Waals surface area contributed by atoms with Gasteiger partial charge in [0.1, 0.15) is 17.3 Å². The molecule has 0 saturated carbocycles. The van der Waals surface area contributed by atoms with Crippen molar-refractivity contribution in [3.05, 3.63) is 68.4 Å². The van der Waals surface area contributed by atoms with Crippen LogP contribution in [0.3, 0.4) is 0 Å². The molecule has 0 unspecified atom stereocenters. The molecule has 0 aliphatic heterocycles. The molecule has 0 aliphatic carbocycles. The largest absolute Gasteiger partial charge is 0.305 e. The number of halogens is 2. The number of aromatic amines is 1. The molecular formula is C17H8Cl2N4O. The number of hydrogen-bond acceptors (Lipinski definition) is 3. The highest BCUT2D eigenvalue weighted by Gasteiger charge is 2.19. The second-order valence-electron chi connectivity index (χ2n) is 5.19. The molecule has 0 saturated heterocycles. The molecule has 4 aromatic rings. The van der Waals surface area contributed by atoms with Gasteiger partial charge in [-0.05, 0) is 30.3 Å². The van der Waals surface area contributed by atoms with Gasteiger partial charge in [0.2, 0.25) is 0 Å². The van der Waals surface area contributed by atoms with Crippen molar-refractivity contribution in [3.8, 4) is 17.3 Å². The van der Waals surface area contributed by atoms with E-state index < -0.39 is 0 Å². The molecule has 1 N–H and O–H groups in total. The third-order valence-corrected chi connectivity index (χ3v) is 4.34. The van der Waals surface area contributed by atoms with Crippen molar-refractivity contribution in [2.45, 2.75) is 0 Å². The molecule has 0 atom stereocenters. The van der Waals surface area contributed by atoms with Crippen LogP contribution in [0.2, 0.25) is 10.0 Å². The Morgan fingerprint density at radius 2 is 1.96 bits per heavy atom. The summed E-state index contributed by atoms with van der Waals surface area (Å²) < 4.78 is 1.55. The Labute approximate surface area is 145 Å². The molecule has 2 aromatic carbocycles. The van der Waals surface area contributed by atoms with Crippen molar-refractivity contribution < 1.29 is 0 Å². The number of nitrogens with zero attached hydrogens (tertiary/aromatic N) is 3. The van der Waals surface area contributed by atoms with Crippen LogP contribution >= 0.6 is 23.2 Å². The smallest absolute Gasteiger partial charge is 0.259 e. The van der Waals surface area contributed by atoms with Gasteiger partial charge in [-0.2, -0.15) is 10.4 Å². The van der Waals surface area contributed by atoms with Gasteiger partial charge in [0.25, 0.3) is 5.56 Å². The van der Waals surface area contributed by atoms with Gasteiger partial charge < -0.3 is 4.98 Å². The highest BCUT2D eigenvalue weighted by molar-refractivity contribution is 6.36. The van der Waals surface area contributed by atoms with E-state index in [0.29, 0.717) is 37.9 Å². The molecule has 0 fully saturated rings. The van der Waals surface area contributed by atoms with Gasteiger partial charge in [0, 0.05) is 10.6 Å². The molecule has 0 amide bonds. The van der Waals surface area contributed by atoms with Crippen molar-refractivity contribution in [1.82, 2.24) is 14.6 Å². The quantitative estimate of drug-likeness (QED) is 0.560. The maximum absolute atomic E-state index is 12.3. The molecule has 116 valence electrons. The maximum atomic E-state index is 12.3. The van der Waals surface area contributed by atoms with E-state index in [-0.39, 0.29) is 11.1 Å². The first kappa shape index (κ1) is 14.8. The van der Waals surface area contributed by atoms with Crippen LogP contribution < -0.4 is 5.56 Å². The second-order valence-corrected chi connectivity index (χ2v) is 6.03. The number of fused-ring (bicyclic) bond motifs is 3. The summed E-state index contributed by atoms with van der Waals surface area (Å²) >= 11 is 12.2. The lowest BCUT2D eigenvalue weighted by molar-refractivity contribution is 0.981. The molecule has 0 radical (unpaired) electrons. The van der Waals surface area contributed by atoms with E-state index in [1.807, 2.05) is 6.07 Å². The second kappa shape index (κ2) is 5.38. The molecule has 2 heterocycles. The first-order chi connectivity index (χ1) is 11.6. The summed E-state index contributed by atoms with van der Waals surface area (Å²) in [6.45, 7) is 0. The number of para-hydroxylation sites is 1. The van der Waals surface area contributed by atoms with Gasteiger partial charge in [-0.15, -0.1) is 0 Å². The maximum Gasteiger partial charge on any atom is 0.259 e. The summed E-state index contributed by atoms with van der Waals surface area (Å²) in [6, 6.07) is 14.1. The average Bonchev–Trinajstić information content (AvgIpc) is 2.93. The number of nitrogens with one attached hydrogen (secondary N) is 1. The van der Waals surface area contributed by atoms with Crippen LogP contribution in [0.1, 0.15) is 5.56 Å². The monoisotopic (exact) mass is 354 g/mol. The average molecular weight is 355 g/mol. The summed E-state index contributed by atoms with van der Waals surface area (Å²) in [5.41, 5.74) is 1.90. The number of benzene rings is 2. The third kappa shape index (κ3) is 2.08. The molecule has 0 spiro atoms. The Hall–Kier alpha value is -2.81. The zero-order chi connectivity index (χ0) is 16.8. The Bertz CT molecular complexity index is 1220. The zero-order valence-electron chi connectivity index (χ0n) is 12.0. The van der Waals surface area contributed by atoms with Gasteiger partial charge in [-0.1, -0.05) is 35.3 Å². The molecule has 24 heavy (non-hydrogen) atoms. The lowest BCUT2D eigenvalue weighted by Gasteiger charge is -2.01. The van der Waals surface area contributed by atoms with Gasteiger partial charge in [-0.3, -0.25) is 4.79 Å². The summed E-state index contributed by atoms with van der Waals surface area (Å²) in [4.78, 5) is 15.0. The molecular weight excluding hydrogens is 347 g/mol. The summed E-state index contributed by atoms with van der Waals surface area (Å²) in [7, 11) is 0. The SMILES string of the molecule is N#Cc1c(-c2ccc(Cl)cc2Cl)nn2c1[nH]c(=O)c1ccccc12. The van der Waals surface area contributed by atoms with Crippen molar-refractivity contribution >= 4 is 39.8 Å². The van der Waals surface area contributed by atoms with Gasteiger partial charge in [0.05, 0.1) is 15.9 Å². The van der Waals surface area contributed by atoms with Crippen LogP contribution in [0.15, 0.2) is 47.3 Å². The summed E-state index contributed by atoms with van der Waals surface area (Å²) in [6.07, 6.45) is 0. The van der Waals surface area contributed by atoms with Crippen molar-refractivity contribution in [1.29, 1.82) is 5.26 Å². The molecule has 5 nitrogen and oxygen atoms in total. The van der Waals surface area contributed by atoms with Crippen LogP contribution in [-0.4, -0.2) is 14.6 Å². The van der Waals surface area contributed by atoms with Crippen LogP contribution in [0.25, 0.3) is 27.8 Å². The van der Waals surface area contributed by atoms with E-state index in [4.69, 9.17) is 23.2 Å². The third-order valence-electron chi connectivity index (χ3n) is 3.79. The van der Waals surface area contributed by atoms with Crippen molar-refractivity contribution in [2.75, 3.05) is 0 Å². The highest BCUT2D eigenvalue weighted by atomic mass is 35.5. The van der Waals surface area contributed by atoms with Crippen molar-refractivity contribution in [2.24, 2.45) is 0 Å². The lowest BCUT2D eigenvalue weighted by atomic mass is 10.1. The van der Waals surface area contributed by atoms with E-state index in [1.165, 1.54) is 0 Å². The Morgan fingerprint density at radius 1 is 1.17 bits per heavy atom. The lowest BCUT2D eigenvalue weighted by Crippen LogP contribution is -2.10. The van der Waals surface area contributed by atoms with E-state index in [2.05, 4.69) is 16.2 Å². The fraction of sp³-hybridized carbons (Fsp3) is 0. The van der Waals surface area contributed by atoms with Crippen LogP contribution in [-0.2, 0) is 0 Å². The number of rotatable bonds is 1. The molecule has 0 bridgehead atoms. The topological polar surface area (TPSA) is 74.0 Å². The van der Waals surface area contributed by atoms with E-state index in [0.717, 1.165) is 0 Å². The molecule has 7 heteroatoms. The minimum atomic E-state index is -0.275. The Kier molecular flexibility index (Phi) is 3.31. The predicted molar refractivity (Wildman–Crippen MR) is 93.5 cm³/mol. The first-order valence-electron chi connectivity index (χ1n) is 6.99. The minimum Gasteiger partial charge on any atom is -0.305 e. The molecule has 2 aromatic heterocycles.